The van der Waals surface area contributed by atoms with Gasteiger partial charge in [0, 0.05) is 16.1 Å². The molecule has 2 nitrogen and oxygen atoms in total. The van der Waals surface area contributed by atoms with Crippen LogP contribution in [0.15, 0.2) is 28.9 Å². The fourth-order valence-electron chi connectivity index (χ4n) is 1.48. The highest BCUT2D eigenvalue weighted by atomic mass is 79.9. The van der Waals surface area contributed by atoms with E-state index in [4.69, 9.17) is 4.84 Å². The van der Waals surface area contributed by atoms with E-state index in [1.165, 1.54) is 10.9 Å². The molecule has 0 amide bonds. The van der Waals surface area contributed by atoms with Crippen molar-refractivity contribution in [2.75, 3.05) is 7.11 Å². The molecule has 0 saturated carbocycles. The van der Waals surface area contributed by atoms with Gasteiger partial charge in [0.2, 0.25) is 0 Å². The van der Waals surface area contributed by atoms with Gasteiger partial charge in [0.25, 0.3) is 0 Å². The molecule has 1 heterocycles. The number of hydrogen-bond acceptors (Lipinski definition) is 1. The number of aromatic nitrogens is 1. The molecule has 0 fully saturated rings. The summed E-state index contributed by atoms with van der Waals surface area (Å²) in [5.41, 5.74) is 2.32. The molecule has 3 heteroatoms. The Bertz CT molecular complexity index is 447. The predicted octanol–water partition coefficient (Wildman–Crippen LogP) is 2.77. The third-order valence-corrected chi connectivity index (χ3v) is 2.62. The zero-order valence-corrected chi connectivity index (χ0v) is 9.13. The summed E-state index contributed by atoms with van der Waals surface area (Å²) in [6.45, 7) is 2.07. The summed E-state index contributed by atoms with van der Waals surface area (Å²) in [7, 11) is 1.67. The first-order valence-corrected chi connectivity index (χ1v) is 4.83. The van der Waals surface area contributed by atoms with Crippen LogP contribution in [0.5, 0.6) is 0 Å². The van der Waals surface area contributed by atoms with E-state index in [1.807, 2.05) is 18.3 Å². The van der Waals surface area contributed by atoms with Crippen molar-refractivity contribution in [3.8, 4) is 0 Å². The molecule has 0 bridgehead atoms. The van der Waals surface area contributed by atoms with Crippen molar-refractivity contribution in [1.29, 1.82) is 0 Å². The Morgan fingerprint density at radius 2 is 2.15 bits per heavy atom. The topological polar surface area (TPSA) is 14.2 Å². The number of rotatable bonds is 1. The molecule has 2 rings (SSSR count). The molecule has 13 heavy (non-hydrogen) atoms. The third kappa shape index (κ3) is 1.33. The predicted molar refractivity (Wildman–Crippen MR) is 56.9 cm³/mol. The number of hydrogen-bond donors (Lipinski definition) is 0. The lowest BCUT2D eigenvalue weighted by molar-refractivity contribution is 0.179. The highest BCUT2D eigenvalue weighted by Crippen LogP contribution is 2.23. The smallest absolute Gasteiger partial charge is 0.104 e. The lowest BCUT2D eigenvalue weighted by atomic mass is 10.2. The fraction of sp³-hybridized carbons (Fsp3) is 0.200. The summed E-state index contributed by atoms with van der Waals surface area (Å²) in [4.78, 5) is 5.19. The maximum atomic E-state index is 5.19. The molecular weight excluding hydrogens is 230 g/mol. The van der Waals surface area contributed by atoms with E-state index < -0.39 is 0 Å². The fourth-order valence-corrected chi connectivity index (χ4v) is 1.84. The van der Waals surface area contributed by atoms with Gasteiger partial charge in [-0.25, -0.2) is 0 Å². The minimum absolute atomic E-state index is 1.09. The molecule has 2 aromatic rings. The number of halogens is 1. The lowest BCUT2D eigenvalue weighted by Gasteiger charge is -2.00. The van der Waals surface area contributed by atoms with Crippen molar-refractivity contribution in [3.63, 3.8) is 0 Å². The van der Waals surface area contributed by atoms with Crippen LogP contribution < -0.4 is 4.84 Å². The Morgan fingerprint density at radius 1 is 1.38 bits per heavy atom. The summed E-state index contributed by atoms with van der Waals surface area (Å²) < 4.78 is 2.87. The summed E-state index contributed by atoms with van der Waals surface area (Å²) >= 11 is 3.45. The second-order valence-corrected chi connectivity index (χ2v) is 3.90. The standard InChI is InChI=1S/C10H10BrNO/c1-7-6-12(13-2)10-4-3-8(11)5-9(7)10/h3-6H,1-2H3. The van der Waals surface area contributed by atoms with Crippen LogP contribution in [0.1, 0.15) is 5.56 Å². The number of nitrogens with zero attached hydrogens (tertiary/aromatic N) is 1. The van der Waals surface area contributed by atoms with Crippen molar-refractivity contribution in [1.82, 2.24) is 4.73 Å². The quantitative estimate of drug-likeness (QED) is 0.747. The number of benzene rings is 1. The SMILES string of the molecule is COn1cc(C)c2cc(Br)ccc21. The van der Waals surface area contributed by atoms with Gasteiger partial charge in [0.1, 0.15) is 7.11 Å². The van der Waals surface area contributed by atoms with Crippen LogP contribution in [0.3, 0.4) is 0 Å². The normalized spacial score (nSPS) is 10.7. The highest BCUT2D eigenvalue weighted by Gasteiger charge is 2.04. The second kappa shape index (κ2) is 3.07. The highest BCUT2D eigenvalue weighted by molar-refractivity contribution is 9.10. The van der Waals surface area contributed by atoms with Crippen LogP contribution in [0, 0.1) is 6.92 Å². The molecule has 0 saturated heterocycles. The molecule has 0 aliphatic heterocycles. The van der Waals surface area contributed by atoms with Crippen LogP contribution in [-0.4, -0.2) is 11.8 Å². The average molecular weight is 240 g/mol. The molecule has 0 N–H and O–H groups in total. The van der Waals surface area contributed by atoms with E-state index >= 15 is 0 Å². The number of aryl methyl sites for hydroxylation is 1. The van der Waals surface area contributed by atoms with Crippen LogP contribution in [0.25, 0.3) is 10.9 Å². The Balaban J connectivity index is 2.80. The molecular formula is C10H10BrNO. The van der Waals surface area contributed by atoms with E-state index in [-0.39, 0.29) is 0 Å². The second-order valence-electron chi connectivity index (χ2n) is 2.98. The summed E-state index contributed by atoms with van der Waals surface area (Å²) in [5.74, 6) is 0. The van der Waals surface area contributed by atoms with Crippen LogP contribution in [0.4, 0.5) is 0 Å². The molecule has 0 spiro atoms. The zero-order valence-electron chi connectivity index (χ0n) is 7.54. The van der Waals surface area contributed by atoms with Gasteiger partial charge in [-0.2, -0.15) is 4.73 Å². The first kappa shape index (κ1) is 8.63. The van der Waals surface area contributed by atoms with Crippen molar-refractivity contribution < 1.29 is 4.84 Å². The third-order valence-electron chi connectivity index (χ3n) is 2.13. The van der Waals surface area contributed by atoms with E-state index in [9.17, 15) is 0 Å². The van der Waals surface area contributed by atoms with Crippen LogP contribution in [-0.2, 0) is 0 Å². The Morgan fingerprint density at radius 3 is 2.85 bits per heavy atom. The van der Waals surface area contributed by atoms with Gasteiger partial charge in [0.15, 0.2) is 0 Å². The molecule has 0 aliphatic carbocycles. The van der Waals surface area contributed by atoms with E-state index in [2.05, 4.69) is 28.9 Å². The Hall–Kier alpha value is -0.960. The van der Waals surface area contributed by atoms with Crippen LogP contribution in [0.2, 0.25) is 0 Å². The van der Waals surface area contributed by atoms with Gasteiger partial charge in [-0.3, -0.25) is 0 Å². The molecule has 68 valence electrons. The van der Waals surface area contributed by atoms with Gasteiger partial charge < -0.3 is 4.84 Å². The maximum Gasteiger partial charge on any atom is 0.104 e. The summed E-state index contributed by atoms with van der Waals surface area (Å²) in [6, 6.07) is 6.15. The monoisotopic (exact) mass is 239 g/mol. The molecule has 1 aromatic heterocycles. The molecule has 0 unspecified atom stereocenters. The lowest BCUT2D eigenvalue weighted by Crippen LogP contribution is -2.02. The van der Waals surface area contributed by atoms with Crippen molar-refractivity contribution >= 4 is 26.8 Å². The summed E-state index contributed by atoms with van der Waals surface area (Å²) in [6.07, 6.45) is 1.98. The maximum absolute atomic E-state index is 5.19. The zero-order chi connectivity index (χ0) is 9.42. The Labute approximate surface area is 85.2 Å². The largest absolute Gasteiger partial charge is 0.417 e. The van der Waals surface area contributed by atoms with Crippen molar-refractivity contribution in [3.05, 3.63) is 34.4 Å². The van der Waals surface area contributed by atoms with E-state index in [0.29, 0.717) is 0 Å². The van der Waals surface area contributed by atoms with Gasteiger partial charge >= 0.3 is 0 Å². The van der Waals surface area contributed by atoms with Gasteiger partial charge in [-0.05, 0) is 30.7 Å². The Kier molecular flexibility index (Phi) is 2.04. The summed E-state index contributed by atoms with van der Waals surface area (Å²) in [5, 5.41) is 1.22. The molecule has 1 aromatic carbocycles. The van der Waals surface area contributed by atoms with Gasteiger partial charge in [-0.1, -0.05) is 15.9 Å². The minimum atomic E-state index is 1.09. The van der Waals surface area contributed by atoms with E-state index in [0.717, 1.165) is 9.99 Å². The minimum Gasteiger partial charge on any atom is -0.417 e. The van der Waals surface area contributed by atoms with Gasteiger partial charge in [-0.15, -0.1) is 0 Å². The molecule has 0 radical (unpaired) electrons. The first-order valence-electron chi connectivity index (χ1n) is 4.04. The first-order chi connectivity index (χ1) is 6.22. The average Bonchev–Trinajstić information content (AvgIpc) is 2.43. The number of fused-ring (bicyclic) bond motifs is 1. The van der Waals surface area contributed by atoms with E-state index in [1.54, 1.807) is 11.8 Å². The van der Waals surface area contributed by atoms with Crippen LogP contribution >= 0.6 is 15.9 Å². The molecule has 0 atom stereocenters. The molecule has 0 aliphatic rings. The van der Waals surface area contributed by atoms with Crippen molar-refractivity contribution in [2.24, 2.45) is 0 Å². The van der Waals surface area contributed by atoms with Gasteiger partial charge in [0.05, 0.1) is 5.52 Å². The van der Waals surface area contributed by atoms with Crippen molar-refractivity contribution in [2.45, 2.75) is 6.92 Å².